The summed E-state index contributed by atoms with van der Waals surface area (Å²) in [7, 11) is 0. The summed E-state index contributed by atoms with van der Waals surface area (Å²) in [6.45, 7) is 10.3. The van der Waals surface area contributed by atoms with E-state index in [1.807, 2.05) is 24.0 Å². The van der Waals surface area contributed by atoms with Crippen LogP contribution in [0.25, 0.3) is 0 Å². The van der Waals surface area contributed by atoms with E-state index in [4.69, 9.17) is 9.73 Å². The second-order valence-electron chi connectivity index (χ2n) is 10.5. The summed E-state index contributed by atoms with van der Waals surface area (Å²) in [5.41, 5.74) is 3.17. The summed E-state index contributed by atoms with van der Waals surface area (Å²) in [5.74, 6) is 3.53. The molecule has 36 heavy (non-hydrogen) atoms. The topological polar surface area (TPSA) is 95.0 Å². The van der Waals surface area contributed by atoms with Crippen molar-refractivity contribution in [2.24, 2.45) is 4.99 Å². The fourth-order valence-corrected chi connectivity index (χ4v) is 5.54. The summed E-state index contributed by atoms with van der Waals surface area (Å²) < 4.78 is 5.48. The molecule has 9 heteroatoms. The molecule has 3 aliphatic heterocycles. The van der Waals surface area contributed by atoms with Gasteiger partial charge >= 0.3 is 6.03 Å². The Kier molecular flexibility index (Phi) is 5.67. The number of benzene rings is 1. The van der Waals surface area contributed by atoms with E-state index in [1.165, 1.54) is 11.1 Å². The fraction of sp³-hybridized carbons (Fsp3) is 0.481. The monoisotopic (exact) mass is 487 g/mol. The van der Waals surface area contributed by atoms with Crippen LogP contribution in [-0.4, -0.2) is 77.7 Å². The van der Waals surface area contributed by atoms with Gasteiger partial charge in [0.2, 0.25) is 0 Å². The molecule has 1 saturated carbocycles. The Bertz CT molecular complexity index is 1230. The number of hydrogen-bond acceptors (Lipinski definition) is 7. The number of nitrogens with one attached hydrogen (secondary N) is 2. The van der Waals surface area contributed by atoms with E-state index in [9.17, 15) is 4.79 Å². The van der Waals surface area contributed by atoms with Gasteiger partial charge in [-0.3, -0.25) is 4.99 Å². The Morgan fingerprint density at radius 1 is 1.14 bits per heavy atom. The number of anilines is 2. The first kappa shape index (κ1) is 23.0. The number of carbonyl (C=O) groups excluding carboxylic acids is 1. The lowest BCUT2D eigenvalue weighted by atomic mass is 9.94. The third kappa shape index (κ3) is 4.21. The lowest BCUT2D eigenvalue weighted by Crippen LogP contribution is -2.51. The number of nitrogens with zero attached hydrogens (tertiary/aromatic N) is 5. The first-order valence-electron chi connectivity index (χ1n) is 12.8. The lowest BCUT2D eigenvalue weighted by molar-refractivity contribution is 0.122. The van der Waals surface area contributed by atoms with Crippen molar-refractivity contribution >= 4 is 23.5 Å². The van der Waals surface area contributed by atoms with Crippen LogP contribution < -0.4 is 15.5 Å². The third-order valence-corrected chi connectivity index (χ3v) is 7.75. The van der Waals surface area contributed by atoms with Gasteiger partial charge in [-0.2, -0.15) is 0 Å². The lowest BCUT2D eigenvalue weighted by Gasteiger charge is -2.34. The molecule has 1 aromatic heterocycles. The second-order valence-corrected chi connectivity index (χ2v) is 10.5. The number of morpholine rings is 1. The maximum Gasteiger partial charge on any atom is 0.318 e. The number of amides is 2. The molecule has 0 bridgehead atoms. The average Bonchev–Trinajstić information content (AvgIpc) is 3.43. The smallest absolute Gasteiger partial charge is 0.318 e. The Morgan fingerprint density at radius 2 is 1.92 bits per heavy atom. The first-order valence-corrected chi connectivity index (χ1v) is 12.8. The molecule has 1 aromatic carbocycles. The molecular formula is C27H33N7O2. The molecule has 4 aliphatic rings. The Hall–Kier alpha value is -3.46. The van der Waals surface area contributed by atoms with Gasteiger partial charge in [0.1, 0.15) is 23.3 Å². The summed E-state index contributed by atoms with van der Waals surface area (Å²) >= 11 is 0. The fourth-order valence-electron chi connectivity index (χ4n) is 5.54. The normalized spacial score (nSPS) is 24.5. The largest absolute Gasteiger partial charge is 0.378 e. The maximum atomic E-state index is 13.3. The van der Waals surface area contributed by atoms with Crippen molar-refractivity contribution in [2.45, 2.75) is 44.7 Å². The van der Waals surface area contributed by atoms with Crippen molar-refractivity contribution in [3.63, 3.8) is 0 Å². The van der Waals surface area contributed by atoms with Crippen LogP contribution in [0.1, 0.15) is 37.6 Å². The van der Waals surface area contributed by atoms with Gasteiger partial charge in [-0.25, -0.2) is 14.8 Å². The van der Waals surface area contributed by atoms with E-state index in [2.05, 4.69) is 63.6 Å². The van der Waals surface area contributed by atoms with Crippen LogP contribution in [0.2, 0.25) is 0 Å². The highest BCUT2D eigenvalue weighted by molar-refractivity contribution is 6.11. The van der Waals surface area contributed by atoms with Crippen LogP contribution in [0.4, 0.5) is 16.4 Å². The molecule has 2 atom stereocenters. The molecular weight excluding hydrogens is 454 g/mol. The van der Waals surface area contributed by atoms with E-state index < -0.39 is 5.54 Å². The number of urea groups is 1. The third-order valence-electron chi connectivity index (χ3n) is 7.75. The zero-order valence-electron chi connectivity index (χ0n) is 21.1. The van der Waals surface area contributed by atoms with Crippen molar-refractivity contribution in [1.82, 2.24) is 20.2 Å². The number of ether oxygens (including phenoxy) is 1. The second kappa shape index (κ2) is 8.89. The molecule has 0 radical (unpaired) electrons. The van der Waals surface area contributed by atoms with Crippen molar-refractivity contribution < 1.29 is 9.53 Å². The van der Waals surface area contributed by atoms with Gasteiger partial charge in [0.05, 0.1) is 31.8 Å². The zero-order chi connectivity index (χ0) is 24.9. The van der Waals surface area contributed by atoms with Crippen LogP contribution in [0, 0.1) is 6.92 Å². The first-order chi connectivity index (χ1) is 17.4. The Labute approximate surface area is 211 Å². The maximum absolute atomic E-state index is 13.3. The average molecular weight is 488 g/mol. The highest BCUT2D eigenvalue weighted by atomic mass is 16.5. The molecule has 2 fully saturated rings. The summed E-state index contributed by atoms with van der Waals surface area (Å²) in [6, 6.07) is 12.6. The van der Waals surface area contributed by atoms with Crippen molar-refractivity contribution in [2.75, 3.05) is 49.6 Å². The molecule has 1 saturated heterocycles. The molecule has 0 spiro atoms. The highest BCUT2D eigenvalue weighted by Gasteiger charge is 2.47. The van der Waals surface area contributed by atoms with Crippen LogP contribution in [-0.2, 0) is 4.74 Å². The Morgan fingerprint density at radius 3 is 2.69 bits per heavy atom. The van der Waals surface area contributed by atoms with Crippen molar-refractivity contribution in [3.05, 3.63) is 58.9 Å². The van der Waals surface area contributed by atoms with Gasteiger partial charge in [0.25, 0.3) is 0 Å². The number of aromatic nitrogens is 2. The van der Waals surface area contributed by atoms with Crippen LogP contribution >= 0.6 is 0 Å². The standard InChI is InChI=1S/C27H33N7O2/c1-17-29-23(14-24(30-17)33-9-11-36-12-10-33)32-25-20-16-34(27(2,3)21(20)15-28-25)26(35)31-22-13-19(22)18-7-5-4-6-8-18/h4-8,14,19,22H,9-13,15-16H2,1-3H3,(H,31,35)(H,28,29,30,32)/t19-,22+/m0/s1. The van der Waals surface area contributed by atoms with E-state index in [0.29, 0.717) is 38.0 Å². The van der Waals surface area contributed by atoms with Gasteiger partial charge in [0.15, 0.2) is 0 Å². The van der Waals surface area contributed by atoms with Crippen LogP contribution in [0.3, 0.4) is 0 Å². The van der Waals surface area contributed by atoms with Gasteiger partial charge < -0.3 is 25.2 Å². The van der Waals surface area contributed by atoms with E-state index in [0.717, 1.165) is 42.6 Å². The van der Waals surface area contributed by atoms with Crippen LogP contribution in [0.15, 0.2) is 52.5 Å². The van der Waals surface area contributed by atoms with Crippen molar-refractivity contribution in [3.8, 4) is 0 Å². The van der Waals surface area contributed by atoms with E-state index >= 15 is 0 Å². The number of amidine groups is 1. The predicted molar refractivity (Wildman–Crippen MR) is 140 cm³/mol. The highest BCUT2D eigenvalue weighted by Crippen LogP contribution is 2.42. The molecule has 0 unspecified atom stereocenters. The van der Waals surface area contributed by atoms with Gasteiger partial charge in [0, 0.05) is 36.7 Å². The minimum Gasteiger partial charge on any atom is -0.378 e. The quantitative estimate of drug-likeness (QED) is 0.688. The van der Waals surface area contributed by atoms with E-state index in [-0.39, 0.29) is 12.1 Å². The molecule has 2 amide bonds. The molecule has 188 valence electrons. The molecule has 6 rings (SSSR count). The summed E-state index contributed by atoms with van der Waals surface area (Å²) in [6.07, 6.45) is 0.990. The zero-order valence-corrected chi connectivity index (χ0v) is 21.1. The van der Waals surface area contributed by atoms with E-state index in [1.54, 1.807) is 0 Å². The van der Waals surface area contributed by atoms with Gasteiger partial charge in [-0.15, -0.1) is 0 Å². The van der Waals surface area contributed by atoms with Crippen LogP contribution in [0.5, 0.6) is 0 Å². The number of aliphatic imine (C=N–C) groups is 1. The number of carbonyl (C=O) groups is 1. The Balaban J connectivity index is 1.14. The van der Waals surface area contributed by atoms with Gasteiger partial charge in [-0.05, 0) is 38.3 Å². The minimum absolute atomic E-state index is 0.00957. The number of rotatable bonds is 4. The van der Waals surface area contributed by atoms with Gasteiger partial charge in [-0.1, -0.05) is 30.3 Å². The summed E-state index contributed by atoms with van der Waals surface area (Å²) in [4.78, 5) is 31.5. The molecule has 2 aromatic rings. The number of aryl methyl sites for hydroxylation is 1. The van der Waals surface area contributed by atoms with Crippen molar-refractivity contribution in [1.29, 1.82) is 0 Å². The number of hydrogen-bond donors (Lipinski definition) is 2. The predicted octanol–water partition coefficient (Wildman–Crippen LogP) is 3.10. The SMILES string of the molecule is Cc1nc(NC2=NCC3=C2CN(C(=O)N[C@@H]2C[C@H]2c2ccccc2)C3(C)C)cc(N2CCOCC2)n1. The summed E-state index contributed by atoms with van der Waals surface area (Å²) in [5, 5.41) is 6.71. The minimum atomic E-state index is -0.399. The molecule has 4 heterocycles. The molecule has 1 aliphatic carbocycles. The molecule has 9 nitrogen and oxygen atoms in total. The molecule has 2 N–H and O–H groups in total.